The highest BCUT2D eigenvalue weighted by Crippen LogP contribution is 2.34. The minimum atomic E-state index is -0.438. The molecule has 1 aromatic carbocycles. The molecule has 1 aromatic heterocycles. The van der Waals surface area contributed by atoms with Crippen molar-refractivity contribution in [3.63, 3.8) is 0 Å². The quantitative estimate of drug-likeness (QED) is 0.610. The molecule has 1 saturated heterocycles. The summed E-state index contributed by atoms with van der Waals surface area (Å²) in [6.07, 6.45) is 0.528. The van der Waals surface area contributed by atoms with E-state index in [2.05, 4.69) is 15.3 Å². The Morgan fingerprint density at radius 3 is 2.56 bits per heavy atom. The predicted molar refractivity (Wildman–Crippen MR) is 139 cm³/mol. The van der Waals surface area contributed by atoms with E-state index < -0.39 is 5.54 Å². The molecular weight excluding hydrogens is 481 g/mol. The van der Waals surface area contributed by atoms with Crippen molar-refractivity contribution in [1.29, 1.82) is 0 Å². The van der Waals surface area contributed by atoms with Crippen LogP contribution in [0.4, 0.5) is 9.18 Å². The van der Waals surface area contributed by atoms with E-state index in [0.29, 0.717) is 32.7 Å². The van der Waals surface area contributed by atoms with Gasteiger partial charge in [-0.25, -0.2) is 14.2 Å². The molecule has 4 rings (SSSR count). The predicted octanol–water partition coefficient (Wildman–Crippen LogP) is 3.71. The Morgan fingerprint density at radius 2 is 1.92 bits per heavy atom. The Bertz CT molecular complexity index is 1060. The first-order chi connectivity index (χ1) is 17.2. The number of rotatable bonds is 7. The van der Waals surface area contributed by atoms with Gasteiger partial charge in [-0.3, -0.25) is 9.69 Å². The maximum atomic E-state index is 13.6. The van der Waals surface area contributed by atoms with Crippen molar-refractivity contribution in [2.75, 3.05) is 45.9 Å². The van der Waals surface area contributed by atoms with E-state index in [-0.39, 0.29) is 30.3 Å². The van der Waals surface area contributed by atoms with Gasteiger partial charge in [0, 0.05) is 38.1 Å². The van der Waals surface area contributed by atoms with Crippen LogP contribution < -0.4 is 5.32 Å². The average molecular weight is 516 g/mol. The highest BCUT2D eigenvalue weighted by molar-refractivity contribution is 7.12. The average Bonchev–Trinajstić information content (AvgIpc) is 3.52. The third kappa shape index (κ3) is 6.89. The molecule has 3 amide bonds. The van der Waals surface area contributed by atoms with Gasteiger partial charge in [-0.2, -0.15) is 5.10 Å². The molecule has 36 heavy (non-hydrogen) atoms. The molecule has 8 nitrogen and oxygen atoms in total. The molecule has 0 unspecified atom stereocenters. The Labute approximate surface area is 215 Å². The third-order valence-electron chi connectivity index (χ3n) is 6.11. The number of hydrazone groups is 1. The smallest absolute Gasteiger partial charge is 0.318 e. The molecule has 0 bridgehead atoms. The second kappa shape index (κ2) is 11.5. The van der Waals surface area contributed by atoms with Gasteiger partial charge in [0.05, 0.1) is 29.8 Å². The number of amides is 3. The first kappa shape index (κ1) is 26.2. The topological polar surface area (TPSA) is 77.5 Å². The number of thiophene rings is 1. The molecule has 1 N–H and O–H groups in total. The Morgan fingerprint density at radius 1 is 1.19 bits per heavy atom. The number of hydrogen-bond acceptors (Lipinski definition) is 6. The Kier molecular flexibility index (Phi) is 8.38. The molecule has 0 saturated carbocycles. The van der Waals surface area contributed by atoms with Crippen molar-refractivity contribution in [1.82, 2.24) is 20.1 Å². The van der Waals surface area contributed by atoms with Gasteiger partial charge in [0.25, 0.3) is 5.91 Å². The van der Waals surface area contributed by atoms with Crippen molar-refractivity contribution >= 4 is 29.0 Å². The number of morpholine rings is 1. The van der Waals surface area contributed by atoms with Gasteiger partial charge in [-0.05, 0) is 49.9 Å². The van der Waals surface area contributed by atoms with Gasteiger partial charge in [-0.1, -0.05) is 18.2 Å². The molecule has 1 fully saturated rings. The summed E-state index contributed by atoms with van der Waals surface area (Å²) in [6.45, 7) is 9.63. The minimum absolute atomic E-state index is 0.106. The lowest BCUT2D eigenvalue weighted by molar-refractivity contribution is -0.133. The summed E-state index contributed by atoms with van der Waals surface area (Å²) in [4.78, 5) is 31.6. The first-order valence-corrected chi connectivity index (χ1v) is 13.1. The zero-order valence-corrected chi connectivity index (χ0v) is 21.9. The number of nitrogens with one attached hydrogen (secondary N) is 1. The number of hydrogen-bond donors (Lipinski definition) is 1. The number of nitrogens with zero attached hydrogens (tertiary/aromatic N) is 4. The lowest BCUT2D eigenvalue weighted by Gasteiger charge is -2.32. The maximum Gasteiger partial charge on any atom is 0.318 e. The lowest BCUT2D eigenvalue weighted by Crippen LogP contribution is -2.53. The summed E-state index contributed by atoms with van der Waals surface area (Å²) in [5, 5.41) is 11.1. The van der Waals surface area contributed by atoms with Crippen molar-refractivity contribution in [3.8, 4) is 0 Å². The van der Waals surface area contributed by atoms with Gasteiger partial charge in [-0.15, -0.1) is 11.3 Å². The Balaban J connectivity index is 1.53. The van der Waals surface area contributed by atoms with Crippen molar-refractivity contribution in [2.45, 2.75) is 38.8 Å². The van der Waals surface area contributed by atoms with Crippen LogP contribution >= 0.6 is 11.3 Å². The van der Waals surface area contributed by atoms with Crippen molar-refractivity contribution in [2.24, 2.45) is 5.10 Å². The fourth-order valence-electron chi connectivity index (χ4n) is 4.25. The van der Waals surface area contributed by atoms with Crippen LogP contribution in [0.1, 0.15) is 43.7 Å². The van der Waals surface area contributed by atoms with E-state index in [1.54, 1.807) is 28.4 Å². The van der Waals surface area contributed by atoms with Crippen LogP contribution in [0.2, 0.25) is 0 Å². The molecule has 2 aliphatic heterocycles. The van der Waals surface area contributed by atoms with Crippen LogP contribution in [0, 0.1) is 5.82 Å². The van der Waals surface area contributed by atoms with Crippen LogP contribution in [-0.2, 0) is 9.53 Å². The number of urea groups is 1. The highest BCUT2D eigenvalue weighted by Gasteiger charge is 2.35. The standard InChI is InChI=1S/C26H34FN5O3S/c1-26(2,3)28-25(34)31(11-10-30-12-14-35-15-13-30)18-24(33)32-22(19-6-8-20(27)9-7-19)17-21(29-32)23-5-4-16-36-23/h4-9,16,22H,10-15,17-18H2,1-3H3,(H,28,34)/t22-/m1/s1. The number of carbonyl (C=O) groups excluding carboxylic acids is 2. The summed E-state index contributed by atoms with van der Waals surface area (Å²) in [5.41, 5.74) is 1.18. The second-order valence-electron chi connectivity index (χ2n) is 10.1. The zero-order chi connectivity index (χ0) is 25.7. The van der Waals surface area contributed by atoms with Crippen molar-refractivity contribution < 1.29 is 18.7 Å². The van der Waals surface area contributed by atoms with Gasteiger partial charge in [0.15, 0.2) is 0 Å². The van der Waals surface area contributed by atoms with E-state index in [1.165, 1.54) is 17.1 Å². The molecule has 0 spiro atoms. The van der Waals surface area contributed by atoms with Crippen LogP contribution in [0.3, 0.4) is 0 Å². The maximum absolute atomic E-state index is 13.6. The molecule has 2 aromatic rings. The molecule has 1 atom stereocenters. The summed E-state index contributed by atoms with van der Waals surface area (Å²) < 4.78 is 19.0. The van der Waals surface area contributed by atoms with E-state index in [9.17, 15) is 14.0 Å². The van der Waals surface area contributed by atoms with Gasteiger partial charge < -0.3 is 15.0 Å². The number of halogens is 1. The molecule has 194 valence electrons. The lowest BCUT2D eigenvalue weighted by atomic mass is 10.0. The van der Waals surface area contributed by atoms with Gasteiger partial charge in [0.1, 0.15) is 12.4 Å². The molecule has 3 heterocycles. The van der Waals surface area contributed by atoms with E-state index in [0.717, 1.165) is 29.2 Å². The summed E-state index contributed by atoms with van der Waals surface area (Å²) in [7, 11) is 0. The number of ether oxygens (including phenoxy) is 1. The van der Waals surface area contributed by atoms with Crippen LogP contribution in [0.15, 0.2) is 46.9 Å². The normalized spacial score (nSPS) is 18.7. The molecule has 2 aliphatic rings. The minimum Gasteiger partial charge on any atom is -0.379 e. The Hall–Kier alpha value is -2.82. The molecule has 10 heteroatoms. The largest absolute Gasteiger partial charge is 0.379 e. The summed E-state index contributed by atoms with van der Waals surface area (Å²) in [5.74, 6) is -0.607. The number of benzene rings is 1. The number of carbonyl (C=O) groups is 2. The van der Waals surface area contributed by atoms with Gasteiger partial charge in [0.2, 0.25) is 0 Å². The van der Waals surface area contributed by atoms with E-state index in [4.69, 9.17) is 4.74 Å². The highest BCUT2D eigenvalue weighted by atomic mass is 32.1. The van der Waals surface area contributed by atoms with Gasteiger partial charge >= 0.3 is 6.03 Å². The molecular formula is C26H34FN5O3S. The fraction of sp³-hybridized carbons (Fsp3) is 0.500. The zero-order valence-electron chi connectivity index (χ0n) is 21.1. The van der Waals surface area contributed by atoms with Crippen LogP contribution in [0.25, 0.3) is 0 Å². The second-order valence-corrected chi connectivity index (χ2v) is 11.0. The summed E-state index contributed by atoms with van der Waals surface area (Å²) in [6, 6.07) is 9.45. The van der Waals surface area contributed by atoms with E-state index in [1.807, 2.05) is 38.3 Å². The van der Waals surface area contributed by atoms with Crippen LogP contribution in [-0.4, -0.2) is 83.9 Å². The monoisotopic (exact) mass is 515 g/mol. The van der Waals surface area contributed by atoms with Crippen molar-refractivity contribution in [3.05, 3.63) is 58.0 Å². The molecule has 0 aliphatic carbocycles. The fourth-order valence-corrected chi connectivity index (χ4v) is 4.97. The van der Waals surface area contributed by atoms with Crippen LogP contribution in [0.5, 0.6) is 0 Å². The third-order valence-corrected chi connectivity index (χ3v) is 7.03. The summed E-state index contributed by atoms with van der Waals surface area (Å²) >= 11 is 1.56. The van der Waals surface area contributed by atoms with E-state index >= 15 is 0 Å². The SMILES string of the molecule is CC(C)(C)NC(=O)N(CCN1CCOCC1)CC(=O)N1N=C(c2cccs2)C[C@@H]1c1ccc(F)cc1. The first-order valence-electron chi connectivity index (χ1n) is 12.3. The molecule has 0 radical (unpaired) electrons.